The lowest BCUT2D eigenvalue weighted by Gasteiger charge is -2.37. The molecule has 1 spiro atoms. The smallest absolute Gasteiger partial charge is 0.247 e. The van der Waals surface area contributed by atoms with Crippen molar-refractivity contribution in [2.24, 2.45) is 11.8 Å². The summed E-state index contributed by atoms with van der Waals surface area (Å²) in [5, 5.41) is 9.24. The lowest BCUT2D eigenvalue weighted by molar-refractivity contribution is -0.145. The number of fused-ring (bicyclic) bond motifs is 1. The molecule has 2 unspecified atom stereocenters. The van der Waals surface area contributed by atoms with Crippen molar-refractivity contribution in [2.45, 2.75) is 67.7 Å². The highest BCUT2D eigenvalue weighted by atomic mass is 32.2. The van der Waals surface area contributed by atoms with Crippen LogP contribution in [-0.2, 0) is 27.5 Å². The van der Waals surface area contributed by atoms with Gasteiger partial charge < -0.3 is 19.8 Å². The van der Waals surface area contributed by atoms with Crippen molar-refractivity contribution in [1.29, 1.82) is 0 Å². The third-order valence-electron chi connectivity index (χ3n) is 9.38. The van der Waals surface area contributed by atoms with E-state index in [2.05, 4.69) is 13.2 Å². The zero-order chi connectivity index (χ0) is 31.1. The van der Waals surface area contributed by atoms with Crippen LogP contribution in [0, 0.1) is 11.8 Å². The summed E-state index contributed by atoms with van der Waals surface area (Å²) in [5.74, 6) is -1.14. The van der Waals surface area contributed by atoms with Crippen LogP contribution in [0.2, 0.25) is 0 Å². The molecule has 3 aliphatic rings. The topological polar surface area (TPSA) is 81.2 Å². The van der Waals surface area contributed by atoms with Crippen LogP contribution < -0.4 is 0 Å². The van der Waals surface area contributed by atoms with Crippen molar-refractivity contribution < 1.29 is 19.5 Å². The maximum Gasteiger partial charge on any atom is 0.247 e. The number of carbonyl (C=O) groups is 3. The molecule has 0 saturated carbocycles. The fraction of sp³-hybridized carbons (Fsp3) is 0.472. The number of nitrogens with zero attached hydrogens (tertiary/aromatic N) is 3. The number of benzene rings is 2. The van der Waals surface area contributed by atoms with E-state index >= 15 is 0 Å². The maximum atomic E-state index is 14.6. The third kappa shape index (κ3) is 6.38. The molecule has 3 amide bonds. The fourth-order valence-electron chi connectivity index (χ4n) is 7.47. The quantitative estimate of drug-likeness (QED) is 0.211. The molecular weight excluding hydrogens is 570 g/mol. The van der Waals surface area contributed by atoms with Gasteiger partial charge in [0.2, 0.25) is 17.7 Å². The van der Waals surface area contributed by atoms with Crippen molar-refractivity contribution in [2.75, 3.05) is 26.2 Å². The fourth-order valence-corrected chi connectivity index (χ4v) is 9.68. The van der Waals surface area contributed by atoms with Gasteiger partial charge in [-0.05, 0) is 36.8 Å². The van der Waals surface area contributed by atoms with Crippen molar-refractivity contribution in [3.8, 4) is 0 Å². The summed E-state index contributed by atoms with van der Waals surface area (Å²) in [4.78, 5) is 49.0. The van der Waals surface area contributed by atoms with Gasteiger partial charge in [-0.3, -0.25) is 14.4 Å². The molecule has 0 aromatic heterocycles. The van der Waals surface area contributed by atoms with Crippen LogP contribution in [0.5, 0.6) is 0 Å². The summed E-state index contributed by atoms with van der Waals surface area (Å²) in [6.07, 6.45) is 8.26. The Morgan fingerprint density at radius 2 is 1.45 bits per heavy atom. The second-order valence-electron chi connectivity index (χ2n) is 12.2. The Morgan fingerprint density at radius 3 is 2.02 bits per heavy atom. The minimum absolute atomic E-state index is 0.00326. The highest BCUT2D eigenvalue weighted by Crippen LogP contribution is 2.66. The molecule has 7 nitrogen and oxygen atoms in total. The van der Waals surface area contributed by atoms with Gasteiger partial charge in [0.15, 0.2) is 0 Å². The second-order valence-corrected chi connectivity index (χ2v) is 13.8. The van der Waals surface area contributed by atoms with Gasteiger partial charge in [-0.25, -0.2) is 0 Å². The van der Waals surface area contributed by atoms with Crippen LogP contribution in [0.25, 0.3) is 0 Å². The first-order valence-corrected chi connectivity index (χ1v) is 16.8. The molecule has 3 aliphatic heterocycles. The molecule has 3 saturated heterocycles. The predicted octanol–water partition coefficient (Wildman–Crippen LogP) is 5.06. The SMILES string of the molecule is C=CCN(Cc1ccccc1)C(=O)C1N(CCCCCCO)C(=O)[C@@H]2[C@@H](C(=O)N(CC=C)Cc3ccccc3)[C@H]3CCC12S3. The van der Waals surface area contributed by atoms with E-state index in [1.165, 1.54) is 0 Å². The van der Waals surface area contributed by atoms with Crippen LogP contribution in [0.4, 0.5) is 0 Å². The Labute approximate surface area is 266 Å². The van der Waals surface area contributed by atoms with Gasteiger partial charge in [0.1, 0.15) is 6.04 Å². The first-order chi connectivity index (χ1) is 21.4. The highest BCUT2D eigenvalue weighted by molar-refractivity contribution is 8.02. The normalized spacial score (nSPS) is 25.1. The largest absolute Gasteiger partial charge is 0.396 e. The standard InChI is InChI=1S/C36H45N3O4S/c1-3-21-37(25-27-15-9-7-10-16-27)33(41)30-29-19-20-36(44-29)31(30)34(42)39(23-13-5-6-14-24-40)32(36)35(43)38(22-4-2)26-28-17-11-8-12-18-28/h3-4,7-12,15-18,29-32,40H,1-2,5-6,13-14,19-26H2/t29-,30+,31+,32?,36?/m1/s1. The van der Waals surface area contributed by atoms with E-state index in [0.717, 1.165) is 49.7 Å². The molecule has 5 atom stereocenters. The highest BCUT2D eigenvalue weighted by Gasteiger charge is 2.74. The maximum absolute atomic E-state index is 14.6. The number of hydrogen-bond acceptors (Lipinski definition) is 5. The van der Waals surface area contributed by atoms with Crippen molar-refractivity contribution in [3.63, 3.8) is 0 Å². The minimum atomic E-state index is -0.632. The predicted molar refractivity (Wildman–Crippen MR) is 175 cm³/mol. The Morgan fingerprint density at radius 1 is 0.886 bits per heavy atom. The molecule has 2 bridgehead atoms. The summed E-state index contributed by atoms with van der Waals surface area (Å²) < 4.78 is -0.632. The number of aliphatic hydroxyl groups excluding tert-OH is 1. The van der Waals surface area contributed by atoms with Crippen molar-refractivity contribution >= 4 is 29.5 Å². The molecule has 1 N–H and O–H groups in total. The molecule has 44 heavy (non-hydrogen) atoms. The Kier molecular flexibility index (Phi) is 10.6. The summed E-state index contributed by atoms with van der Waals surface area (Å²) in [6, 6.07) is 19.2. The molecule has 0 aliphatic carbocycles. The number of carbonyl (C=O) groups excluding carboxylic acids is 3. The number of thioether (sulfide) groups is 1. The van der Waals surface area contributed by atoms with Gasteiger partial charge in [0, 0.05) is 44.6 Å². The van der Waals surface area contributed by atoms with Crippen LogP contribution >= 0.6 is 11.8 Å². The van der Waals surface area contributed by atoms with Gasteiger partial charge in [0.05, 0.1) is 16.6 Å². The summed E-state index contributed by atoms with van der Waals surface area (Å²) in [7, 11) is 0. The van der Waals surface area contributed by atoms with Crippen molar-refractivity contribution in [1.82, 2.24) is 14.7 Å². The van der Waals surface area contributed by atoms with Crippen LogP contribution in [0.3, 0.4) is 0 Å². The monoisotopic (exact) mass is 615 g/mol. The molecule has 3 heterocycles. The number of amides is 3. The third-order valence-corrected chi connectivity index (χ3v) is 11.3. The average Bonchev–Trinajstić information content (AvgIpc) is 3.68. The molecule has 2 aromatic carbocycles. The van der Waals surface area contributed by atoms with Crippen LogP contribution in [0.1, 0.15) is 49.7 Å². The van der Waals surface area contributed by atoms with E-state index in [9.17, 15) is 19.5 Å². The van der Waals surface area contributed by atoms with E-state index in [-0.39, 0.29) is 29.6 Å². The molecule has 234 valence electrons. The lowest BCUT2D eigenvalue weighted by atomic mass is 9.70. The number of aliphatic hydroxyl groups is 1. The Hall–Kier alpha value is -3.36. The van der Waals surface area contributed by atoms with Gasteiger partial charge in [-0.15, -0.1) is 24.9 Å². The first-order valence-electron chi connectivity index (χ1n) is 15.9. The van der Waals surface area contributed by atoms with E-state index < -0.39 is 22.6 Å². The first kappa shape index (κ1) is 32.0. The zero-order valence-corrected chi connectivity index (χ0v) is 26.4. The number of rotatable bonds is 16. The average molecular weight is 616 g/mol. The summed E-state index contributed by atoms with van der Waals surface area (Å²) >= 11 is 1.72. The summed E-state index contributed by atoms with van der Waals surface area (Å²) in [6.45, 7) is 10.1. The van der Waals surface area contributed by atoms with Crippen LogP contribution in [0.15, 0.2) is 86.0 Å². The Bertz CT molecular complexity index is 1320. The van der Waals surface area contributed by atoms with Gasteiger partial charge >= 0.3 is 0 Å². The van der Waals surface area contributed by atoms with E-state index in [4.69, 9.17) is 0 Å². The number of unbranched alkanes of at least 4 members (excludes halogenated alkanes) is 3. The number of hydrogen-bond donors (Lipinski definition) is 1. The lowest BCUT2D eigenvalue weighted by Crippen LogP contribution is -2.54. The van der Waals surface area contributed by atoms with Gasteiger partial charge in [0.25, 0.3) is 0 Å². The van der Waals surface area contributed by atoms with Crippen LogP contribution in [-0.4, -0.2) is 79.8 Å². The summed E-state index contributed by atoms with van der Waals surface area (Å²) in [5.41, 5.74) is 2.05. The van der Waals surface area contributed by atoms with E-state index in [1.807, 2.05) is 75.4 Å². The van der Waals surface area contributed by atoms with Crippen molar-refractivity contribution in [3.05, 3.63) is 97.1 Å². The van der Waals surface area contributed by atoms with E-state index in [0.29, 0.717) is 32.7 Å². The number of likely N-dealkylation sites (tertiary alicyclic amines) is 1. The molecule has 0 radical (unpaired) electrons. The van der Waals surface area contributed by atoms with Gasteiger partial charge in [-0.2, -0.15) is 0 Å². The zero-order valence-electron chi connectivity index (χ0n) is 25.6. The second kappa shape index (κ2) is 14.6. The molecular formula is C36H45N3O4S. The van der Waals surface area contributed by atoms with E-state index in [1.54, 1.807) is 23.9 Å². The molecule has 3 fully saturated rings. The van der Waals surface area contributed by atoms with Gasteiger partial charge in [-0.1, -0.05) is 85.7 Å². The molecule has 5 rings (SSSR count). The molecule has 2 aromatic rings. The minimum Gasteiger partial charge on any atom is -0.396 e. The Balaban J connectivity index is 1.46. The molecule has 8 heteroatoms.